The van der Waals surface area contributed by atoms with E-state index in [-0.39, 0.29) is 12.7 Å². The van der Waals surface area contributed by atoms with Gasteiger partial charge in [-0.2, -0.15) is 0 Å². The third kappa shape index (κ3) is 4.43. The Hall–Kier alpha value is -0.0800. The van der Waals surface area contributed by atoms with Gasteiger partial charge in [-0.25, -0.2) is 0 Å². The van der Waals surface area contributed by atoms with Crippen molar-refractivity contribution in [2.75, 3.05) is 13.2 Å². The van der Waals surface area contributed by atoms with E-state index in [9.17, 15) is 0 Å². The van der Waals surface area contributed by atoms with Gasteiger partial charge in [-0.15, -0.1) is 0 Å². The molecule has 0 aromatic rings. The van der Waals surface area contributed by atoms with Gasteiger partial charge >= 0.3 is 0 Å². The van der Waals surface area contributed by atoms with Crippen LogP contribution >= 0.6 is 0 Å². The molecular weight excluding hydrogens is 116 g/mol. The Bertz CT molecular complexity index is 48.9. The van der Waals surface area contributed by atoms with Crippen LogP contribution in [0.5, 0.6) is 0 Å². The highest BCUT2D eigenvalue weighted by Crippen LogP contribution is 1.99. The molecule has 56 valence electrons. The van der Waals surface area contributed by atoms with Crippen molar-refractivity contribution in [2.45, 2.75) is 32.8 Å². The zero-order chi connectivity index (χ0) is 7.11. The van der Waals surface area contributed by atoms with Crippen LogP contribution in [-0.2, 0) is 4.74 Å². The molecule has 0 fully saturated rings. The molecule has 1 unspecified atom stereocenters. The zero-order valence-corrected chi connectivity index (χ0v) is 6.26. The van der Waals surface area contributed by atoms with Crippen molar-refractivity contribution in [3.8, 4) is 0 Å². The topological polar surface area (TPSA) is 29.5 Å². The van der Waals surface area contributed by atoms with Crippen LogP contribution in [0, 0.1) is 0 Å². The predicted octanol–water partition coefficient (Wildman–Crippen LogP) is 1.18. The lowest BCUT2D eigenvalue weighted by Gasteiger charge is -2.11. The summed E-state index contributed by atoms with van der Waals surface area (Å²) in [7, 11) is 0. The molecule has 0 aliphatic heterocycles. The van der Waals surface area contributed by atoms with Crippen molar-refractivity contribution in [1.29, 1.82) is 0 Å². The molecule has 0 spiro atoms. The maximum absolute atomic E-state index is 8.66. The molecule has 0 bridgehead atoms. The van der Waals surface area contributed by atoms with E-state index in [4.69, 9.17) is 9.84 Å². The van der Waals surface area contributed by atoms with Gasteiger partial charge in [0, 0.05) is 6.61 Å². The summed E-state index contributed by atoms with van der Waals surface area (Å²) >= 11 is 0. The van der Waals surface area contributed by atoms with E-state index in [1.165, 1.54) is 0 Å². The minimum absolute atomic E-state index is 0.0694. The minimum atomic E-state index is 0.0694. The van der Waals surface area contributed by atoms with E-state index < -0.39 is 0 Å². The fraction of sp³-hybridized carbons (Fsp3) is 1.00. The normalized spacial score (nSPS) is 13.7. The number of hydrogen-bond acceptors (Lipinski definition) is 2. The highest BCUT2D eigenvalue weighted by molar-refractivity contribution is 4.52. The lowest BCUT2D eigenvalue weighted by Crippen LogP contribution is -2.16. The van der Waals surface area contributed by atoms with E-state index >= 15 is 0 Å². The van der Waals surface area contributed by atoms with E-state index in [2.05, 4.69) is 6.92 Å². The summed E-state index contributed by atoms with van der Waals surface area (Å²) in [5.74, 6) is 0. The largest absolute Gasteiger partial charge is 0.394 e. The second-order valence-corrected chi connectivity index (χ2v) is 2.05. The molecule has 0 rings (SSSR count). The summed E-state index contributed by atoms with van der Waals surface area (Å²) in [4.78, 5) is 0. The fourth-order valence-electron chi connectivity index (χ4n) is 0.785. The van der Waals surface area contributed by atoms with E-state index in [1.54, 1.807) is 0 Å². The first-order valence-electron chi connectivity index (χ1n) is 3.57. The molecular formula is C7H16O2. The maximum Gasteiger partial charge on any atom is 0.0805 e. The summed E-state index contributed by atoms with van der Waals surface area (Å²) in [6, 6.07) is 0. The summed E-state index contributed by atoms with van der Waals surface area (Å²) in [6.45, 7) is 4.88. The van der Waals surface area contributed by atoms with Gasteiger partial charge in [0.05, 0.1) is 12.7 Å². The number of hydrogen-bond donors (Lipinski definition) is 1. The van der Waals surface area contributed by atoms with Crippen molar-refractivity contribution in [3.05, 3.63) is 0 Å². The first kappa shape index (κ1) is 8.92. The van der Waals surface area contributed by atoms with Crippen molar-refractivity contribution in [1.82, 2.24) is 0 Å². The third-order valence-electron chi connectivity index (χ3n) is 1.22. The second kappa shape index (κ2) is 6.05. The Labute approximate surface area is 56.8 Å². The lowest BCUT2D eigenvalue weighted by atomic mass is 10.2. The van der Waals surface area contributed by atoms with E-state index in [1.807, 2.05) is 6.92 Å². The standard InChI is InChI=1S/C7H16O2/c1-3-5-7(6-8)9-4-2/h7-8H,3-6H2,1-2H3. The molecule has 1 N–H and O–H groups in total. The molecule has 0 heterocycles. The monoisotopic (exact) mass is 132 g/mol. The van der Waals surface area contributed by atoms with Crippen molar-refractivity contribution >= 4 is 0 Å². The summed E-state index contributed by atoms with van der Waals surface area (Å²) in [5, 5.41) is 8.66. The average molecular weight is 132 g/mol. The summed E-state index contributed by atoms with van der Waals surface area (Å²) in [6.07, 6.45) is 2.11. The quantitative estimate of drug-likeness (QED) is 0.608. The summed E-state index contributed by atoms with van der Waals surface area (Å²) < 4.78 is 5.18. The predicted molar refractivity (Wildman–Crippen MR) is 37.4 cm³/mol. The maximum atomic E-state index is 8.66. The van der Waals surface area contributed by atoms with Crippen LogP contribution in [0.15, 0.2) is 0 Å². The first-order valence-corrected chi connectivity index (χ1v) is 3.57. The zero-order valence-electron chi connectivity index (χ0n) is 6.26. The molecule has 2 nitrogen and oxygen atoms in total. The molecule has 0 saturated carbocycles. The number of ether oxygens (including phenoxy) is 1. The highest BCUT2D eigenvalue weighted by Gasteiger charge is 2.02. The van der Waals surface area contributed by atoms with Gasteiger partial charge in [-0.3, -0.25) is 0 Å². The van der Waals surface area contributed by atoms with Crippen LogP contribution in [0.3, 0.4) is 0 Å². The highest BCUT2D eigenvalue weighted by atomic mass is 16.5. The molecule has 0 aliphatic rings. The molecule has 0 radical (unpaired) electrons. The Balaban J connectivity index is 3.18. The van der Waals surface area contributed by atoms with Crippen molar-refractivity contribution in [3.63, 3.8) is 0 Å². The van der Waals surface area contributed by atoms with Gasteiger partial charge in [0.25, 0.3) is 0 Å². The van der Waals surface area contributed by atoms with Gasteiger partial charge in [-0.1, -0.05) is 13.3 Å². The third-order valence-corrected chi connectivity index (χ3v) is 1.22. The Morgan fingerprint density at radius 3 is 2.44 bits per heavy atom. The molecule has 0 aromatic heterocycles. The second-order valence-electron chi connectivity index (χ2n) is 2.05. The number of aliphatic hydroxyl groups is 1. The Kier molecular flexibility index (Phi) is 5.99. The Morgan fingerprint density at radius 2 is 2.11 bits per heavy atom. The summed E-state index contributed by atoms with van der Waals surface area (Å²) in [5.41, 5.74) is 0. The molecule has 0 amide bonds. The number of aliphatic hydroxyl groups excluding tert-OH is 1. The molecule has 1 atom stereocenters. The van der Waals surface area contributed by atoms with Crippen LogP contribution in [0.25, 0.3) is 0 Å². The van der Waals surface area contributed by atoms with E-state index in [0.717, 1.165) is 12.8 Å². The molecule has 0 aromatic carbocycles. The van der Waals surface area contributed by atoms with Gasteiger partial charge in [0.1, 0.15) is 0 Å². The molecule has 0 saturated heterocycles. The first-order chi connectivity index (χ1) is 4.35. The lowest BCUT2D eigenvalue weighted by molar-refractivity contribution is 0.0147. The smallest absolute Gasteiger partial charge is 0.0805 e. The number of rotatable bonds is 5. The Morgan fingerprint density at radius 1 is 1.44 bits per heavy atom. The van der Waals surface area contributed by atoms with E-state index in [0.29, 0.717) is 6.61 Å². The van der Waals surface area contributed by atoms with Crippen LogP contribution < -0.4 is 0 Å². The van der Waals surface area contributed by atoms with Crippen LogP contribution in [0.1, 0.15) is 26.7 Å². The van der Waals surface area contributed by atoms with Crippen molar-refractivity contribution in [2.24, 2.45) is 0 Å². The molecule has 0 aliphatic carbocycles. The van der Waals surface area contributed by atoms with Crippen molar-refractivity contribution < 1.29 is 9.84 Å². The SMILES string of the molecule is CCCC(CO)OCC. The van der Waals surface area contributed by atoms with Gasteiger partial charge in [0.15, 0.2) is 0 Å². The van der Waals surface area contributed by atoms with Gasteiger partial charge in [-0.05, 0) is 13.3 Å². The van der Waals surface area contributed by atoms with Crippen LogP contribution in [-0.4, -0.2) is 24.4 Å². The average Bonchev–Trinajstić information content (AvgIpc) is 1.88. The minimum Gasteiger partial charge on any atom is -0.394 e. The van der Waals surface area contributed by atoms with Gasteiger partial charge in [0.2, 0.25) is 0 Å². The molecule has 2 heteroatoms. The molecule has 9 heavy (non-hydrogen) atoms. The fourth-order valence-corrected chi connectivity index (χ4v) is 0.785. The van der Waals surface area contributed by atoms with Gasteiger partial charge < -0.3 is 9.84 Å². The van der Waals surface area contributed by atoms with Crippen LogP contribution in [0.4, 0.5) is 0 Å². The van der Waals surface area contributed by atoms with Crippen LogP contribution in [0.2, 0.25) is 0 Å².